The molecule has 1 rings (SSSR count). The van der Waals surface area contributed by atoms with Crippen LogP contribution in [0.4, 0.5) is 0 Å². The predicted molar refractivity (Wildman–Crippen MR) is 80.1 cm³/mol. The van der Waals surface area contributed by atoms with Crippen molar-refractivity contribution in [3.05, 3.63) is 29.3 Å². The molecule has 1 aromatic carbocycles. The van der Waals surface area contributed by atoms with Gasteiger partial charge in [-0.1, -0.05) is 18.1 Å². The Balaban J connectivity index is 3.46. The van der Waals surface area contributed by atoms with Gasteiger partial charge in [-0.25, -0.2) is 4.79 Å². The number of benzene rings is 1. The van der Waals surface area contributed by atoms with Gasteiger partial charge in [-0.15, -0.1) is 0 Å². The Morgan fingerprint density at radius 2 is 1.91 bits per heavy atom. The van der Waals surface area contributed by atoms with Crippen LogP contribution in [0.3, 0.4) is 0 Å². The number of ether oxygens (including phenoxy) is 3. The molecule has 1 unspecified atom stereocenters. The van der Waals surface area contributed by atoms with E-state index in [0.29, 0.717) is 11.3 Å². The SMILES string of the molecule is CC#CC#CC(OC(C)=O)c1cccc(OC)c1C(=O)OC. The van der Waals surface area contributed by atoms with Gasteiger partial charge < -0.3 is 14.2 Å². The second-order valence-electron chi connectivity index (χ2n) is 4.05. The molecule has 0 amide bonds. The molecule has 0 aliphatic carbocycles. The van der Waals surface area contributed by atoms with E-state index in [1.165, 1.54) is 21.1 Å². The lowest BCUT2D eigenvalue weighted by molar-refractivity contribution is -0.144. The molecule has 0 N–H and O–H groups in total. The minimum absolute atomic E-state index is 0.164. The topological polar surface area (TPSA) is 61.8 Å². The van der Waals surface area contributed by atoms with Gasteiger partial charge in [-0.05, 0) is 30.8 Å². The van der Waals surface area contributed by atoms with E-state index in [1.807, 2.05) is 0 Å². The van der Waals surface area contributed by atoms with Crippen LogP contribution in [0, 0.1) is 23.7 Å². The van der Waals surface area contributed by atoms with Crippen LogP contribution >= 0.6 is 0 Å². The first-order valence-electron chi connectivity index (χ1n) is 6.39. The fraction of sp³-hybridized carbons (Fsp3) is 0.294. The number of esters is 2. The van der Waals surface area contributed by atoms with E-state index in [2.05, 4.69) is 23.7 Å². The maximum Gasteiger partial charge on any atom is 0.342 e. The van der Waals surface area contributed by atoms with Crippen molar-refractivity contribution in [2.75, 3.05) is 14.2 Å². The average Bonchev–Trinajstić information content (AvgIpc) is 2.52. The van der Waals surface area contributed by atoms with Crippen LogP contribution in [0.1, 0.15) is 35.9 Å². The first-order valence-corrected chi connectivity index (χ1v) is 6.39. The van der Waals surface area contributed by atoms with Crippen LogP contribution in [-0.2, 0) is 14.3 Å². The van der Waals surface area contributed by atoms with E-state index < -0.39 is 18.0 Å². The van der Waals surface area contributed by atoms with Crippen molar-refractivity contribution in [3.8, 4) is 29.4 Å². The van der Waals surface area contributed by atoms with Gasteiger partial charge in [-0.2, -0.15) is 0 Å². The summed E-state index contributed by atoms with van der Waals surface area (Å²) in [6.45, 7) is 2.90. The Kier molecular flexibility index (Phi) is 6.53. The zero-order valence-electron chi connectivity index (χ0n) is 12.9. The molecule has 0 aliphatic rings. The van der Waals surface area contributed by atoms with E-state index in [1.54, 1.807) is 25.1 Å². The maximum atomic E-state index is 12.0. The Labute approximate surface area is 129 Å². The minimum atomic E-state index is -0.942. The molecular formula is C17H16O5. The Bertz CT molecular complexity index is 682. The Morgan fingerprint density at radius 1 is 1.18 bits per heavy atom. The van der Waals surface area contributed by atoms with Crippen molar-refractivity contribution in [1.29, 1.82) is 0 Å². The third-order valence-electron chi connectivity index (χ3n) is 2.62. The highest BCUT2D eigenvalue weighted by atomic mass is 16.5. The van der Waals surface area contributed by atoms with E-state index >= 15 is 0 Å². The fourth-order valence-electron chi connectivity index (χ4n) is 1.76. The lowest BCUT2D eigenvalue weighted by atomic mass is 10.0. The molecule has 0 aliphatic heterocycles. The van der Waals surface area contributed by atoms with Gasteiger partial charge >= 0.3 is 11.9 Å². The lowest BCUT2D eigenvalue weighted by Gasteiger charge is -2.16. The number of hydrogen-bond acceptors (Lipinski definition) is 5. The van der Waals surface area contributed by atoms with Crippen molar-refractivity contribution >= 4 is 11.9 Å². The predicted octanol–water partition coefficient (Wildman–Crippen LogP) is 2.11. The van der Waals surface area contributed by atoms with E-state index in [9.17, 15) is 9.59 Å². The number of methoxy groups -OCH3 is 2. The summed E-state index contributed by atoms with van der Waals surface area (Å²) in [5.74, 6) is 9.65. The first kappa shape index (κ1) is 17.1. The second kappa shape index (κ2) is 8.39. The molecule has 0 heterocycles. The molecule has 114 valence electrons. The molecule has 0 saturated heterocycles. The maximum absolute atomic E-state index is 12.0. The third kappa shape index (κ3) is 4.29. The van der Waals surface area contributed by atoms with Gasteiger partial charge in [-0.3, -0.25) is 4.79 Å². The summed E-state index contributed by atoms with van der Waals surface area (Å²) in [5.41, 5.74) is 0.546. The minimum Gasteiger partial charge on any atom is -0.496 e. The average molecular weight is 300 g/mol. The second-order valence-corrected chi connectivity index (χ2v) is 4.05. The van der Waals surface area contributed by atoms with Crippen molar-refractivity contribution in [2.24, 2.45) is 0 Å². The van der Waals surface area contributed by atoms with Crippen LogP contribution in [0.25, 0.3) is 0 Å². The highest BCUT2D eigenvalue weighted by Gasteiger charge is 2.24. The summed E-state index contributed by atoms with van der Waals surface area (Å²) in [7, 11) is 2.69. The summed E-state index contributed by atoms with van der Waals surface area (Å²) in [5, 5.41) is 0. The van der Waals surface area contributed by atoms with Gasteiger partial charge in [0.1, 0.15) is 11.3 Å². The number of carbonyl (C=O) groups excluding carboxylic acids is 2. The molecular weight excluding hydrogens is 284 g/mol. The Hall–Kier alpha value is -2.92. The summed E-state index contributed by atoms with van der Waals surface area (Å²) < 4.78 is 15.1. The highest BCUT2D eigenvalue weighted by molar-refractivity contribution is 5.94. The van der Waals surface area contributed by atoms with Crippen LogP contribution in [0.15, 0.2) is 18.2 Å². The van der Waals surface area contributed by atoms with Crippen LogP contribution in [-0.4, -0.2) is 26.2 Å². The van der Waals surface area contributed by atoms with Gasteiger partial charge in [0.05, 0.1) is 14.2 Å². The molecule has 0 aromatic heterocycles. The molecule has 1 aromatic rings. The quantitative estimate of drug-likeness (QED) is 0.629. The third-order valence-corrected chi connectivity index (χ3v) is 2.62. The number of rotatable bonds is 4. The largest absolute Gasteiger partial charge is 0.496 e. The summed E-state index contributed by atoms with van der Waals surface area (Å²) >= 11 is 0. The molecule has 1 atom stereocenters. The van der Waals surface area contributed by atoms with Gasteiger partial charge in [0.25, 0.3) is 0 Å². The van der Waals surface area contributed by atoms with Gasteiger partial charge in [0, 0.05) is 12.5 Å². The zero-order chi connectivity index (χ0) is 16.5. The lowest BCUT2D eigenvalue weighted by Crippen LogP contribution is -2.14. The molecule has 0 radical (unpaired) electrons. The van der Waals surface area contributed by atoms with Crippen LogP contribution < -0.4 is 4.74 Å². The Morgan fingerprint density at radius 3 is 2.45 bits per heavy atom. The smallest absolute Gasteiger partial charge is 0.342 e. The molecule has 0 fully saturated rings. The van der Waals surface area contributed by atoms with Crippen LogP contribution in [0.5, 0.6) is 5.75 Å². The summed E-state index contributed by atoms with van der Waals surface area (Å²) in [6, 6.07) is 4.90. The van der Waals surface area contributed by atoms with Crippen molar-refractivity contribution in [1.82, 2.24) is 0 Å². The summed E-state index contributed by atoms with van der Waals surface area (Å²) in [6.07, 6.45) is -0.942. The van der Waals surface area contributed by atoms with Crippen LogP contribution in [0.2, 0.25) is 0 Å². The first-order chi connectivity index (χ1) is 10.5. The molecule has 0 saturated carbocycles. The molecule has 0 bridgehead atoms. The number of hydrogen-bond donors (Lipinski definition) is 0. The zero-order valence-corrected chi connectivity index (χ0v) is 12.9. The standard InChI is InChI=1S/C17H16O5/c1-5-6-7-10-14(22-12(2)18)13-9-8-11-15(20-3)16(13)17(19)21-4/h8-9,11,14H,1-4H3. The normalized spacial score (nSPS) is 10.2. The van der Waals surface area contributed by atoms with Gasteiger partial charge in [0.15, 0.2) is 6.10 Å². The highest BCUT2D eigenvalue weighted by Crippen LogP contribution is 2.29. The number of carbonyl (C=O) groups is 2. The molecule has 5 nitrogen and oxygen atoms in total. The molecule has 5 heteroatoms. The fourth-order valence-corrected chi connectivity index (χ4v) is 1.76. The monoisotopic (exact) mass is 300 g/mol. The molecule has 22 heavy (non-hydrogen) atoms. The molecule has 0 spiro atoms. The summed E-state index contributed by atoms with van der Waals surface area (Å²) in [4.78, 5) is 23.3. The van der Waals surface area contributed by atoms with E-state index in [4.69, 9.17) is 14.2 Å². The van der Waals surface area contributed by atoms with E-state index in [-0.39, 0.29) is 5.56 Å². The van der Waals surface area contributed by atoms with Crippen molar-refractivity contribution in [3.63, 3.8) is 0 Å². The van der Waals surface area contributed by atoms with Crippen molar-refractivity contribution < 1.29 is 23.8 Å². The van der Waals surface area contributed by atoms with Gasteiger partial charge in [0.2, 0.25) is 0 Å². The van der Waals surface area contributed by atoms with Crippen molar-refractivity contribution in [2.45, 2.75) is 20.0 Å². The van der Waals surface area contributed by atoms with E-state index in [0.717, 1.165) is 0 Å².